The first-order valence-corrected chi connectivity index (χ1v) is 8.74. The first kappa shape index (κ1) is 16.6. The van der Waals surface area contributed by atoms with Crippen molar-refractivity contribution in [2.45, 2.75) is 25.3 Å². The smallest absolute Gasteiger partial charge is 0.266 e. The van der Waals surface area contributed by atoms with E-state index in [1.165, 1.54) is 12.0 Å². The monoisotopic (exact) mass is 365 g/mol. The lowest BCUT2D eigenvalue weighted by Gasteiger charge is -2.27. The molecule has 4 rings (SSSR count). The number of halogens is 1. The molecule has 1 aromatic carbocycles. The highest BCUT2D eigenvalue weighted by Gasteiger charge is 2.32. The van der Waals surface area contributed by atoms with E-state index in [4.69, 9.17) is 21.3 Å². The largest absolute Gasteiger partial charge is 0.422 e. The van der Waals surface area contributed by atoms with Crippen molar-refractivity contribution in [3.05, 3.63) is 59.1 Å². The predicted octanol–water partition coefficient (Wildman–Crippen LogP) is 4.04. The molecule has 3 aromatic rings. The number of benzene rings is 1. The summed E-state index contributed by atoms with van der Waals surface area (Å²) < 4.78 is 5.18. The van der Waals surface area contributed by atoms with Crippen molar-refractivity contribution in [3.63, 3.8) is 0 Å². The Bertz CT molecular complexity index is 949. The van der Waals surface area contributed by atoms with Crippen molar-refractivity contribution in [2.24, 2.45) is 0 Å². The molecule has 26 heavy (non-hydrogen) atoms. The van der Waals surface area contributed by atoms with Crippen molar-refractivity contribution in [1.82, 2.24) is 15.2 Å². The van der Waals surface area contributed by atoms with Crippen LogP contribution in [0.25, 0.3) is 11.6 Å². The van der Waals surface area contributed by atoms with Gasteiger partial charge in [0, 0.05) is 30.4 Å². The van der Waals surface area contributed by atoms with Gasteiger partial charge in [0.25, 0.3) is 5.89 Å². The molecule has 1 saturated heterocycles. The lowest BCUT2D eigenvalue weighted by atomic mass is 9.94. The fourth-order valence-electron chi connectivity index (χ4n) is 3.56. The van der Waals surface area contributed by atoms with E-state index >= 15 is 0 Å². The van der Waals surface area contributed by atoms with Gasteiger partial charge in [0.1, 0.15) is 11.8 Å². The van der Waals surface area contributed by atoms with Crippen LogP contribution in [0.1, 0.15) is 30.4 Å². The van der Waals surface area contributed by atoms with Gasteiger partial charge in [-0.2, -0.15) is 5.26 Å². The molecule has 2 aromatic heterocycles. The Balaban J connectivity index is 1.55. The predicted molar refractivity (Wildman–Crippen MR) is 97.9 cm³/mol. The zero-order chi connectivity index (χ0) is 18.1. The molecule has 2 atom stereocenters. The zero-order valence-corrected chi connectivity index (χ0v) is 14.9. The second-order valence-corrected chi connectivity index (χ2v) is 6.73. The van der Waals surface area contributed by atoms with Gasteiger partial charge >= 0.3 is 0 Å². The molecule has 0 bridgehead atoms. The molecule has 0 unspecified atom stereocenters. The van der Waals surface area contributed by atoms with Crippen LogP contribution in [0.2, 0.25) is 5.02 Å². The van der Waals surface area contributed by atoms with E-state index in [9.17, 15) is 0 Å². The first-order valence-electron chi connectivity index (χ1n) is 8.36. The maximum Gasteiger partial charge on any atom is 0.266 e. The number of nitriles is 1. The van der Waals surface area contributed by atoms with E-state index in [1.807, 2.05) is 24.4 Å². The highest BCUT2D eigenvalue weighted by Crippen LogP contribution is 2.37. The van der Waals surface area contributed by atoms with Crippen LogP contribution < -0.4 is 4.90 Å². The van der Waals surface area contributed by atoms with Crippen molar-refractivity contribution in [1.29, 1.82) is 5.26 Å². The number of anilines is 1. The SMILES string of the molecule is C[C@H]1[C@H](c2ccc(-c3nnco3)nc2)CCN1c1ccc(C#N)c(Cl)c1. The minimum absolute atomic E-state index is 0.301. The Morgan fingerprint density at radius 3 is 2.85 bits per heavy atom. The van der Waals surface area contributed by atoms with Crippen molar-refractivity contribution < 1.29 is 4.42 Å². The third kappa shape index (κ3) is 2.91. The summed E-state index contributed by atoms with van der Waals surface area (Å²) in [5, 5.41) is 17.1. The average Bonchev–Trinajstić information content (AvgIpc) is 3.32. The maximum absolute atomic E-state index is 9.04. The second-order valence-electron chi connectivity index (χ2n) is 6.33. The van der Waals surface area contributed by atoms with Crippen molar-refractivity contribution in [2.75, 3.05) is 11.4 Å². The van der Waals surface area contributed by atoms with Gasteiger partial charge < -0.3 is 9.32 Å². The van der Waals surface area contributed by atoms with E-state index < -0.39 is 0 Å². The van der Waals surface area contributed by atoms with Crippen molar-refractivity contribution in [3.8, 4) is 17.7 Å². The molecule has 6 nitrogen and oxygen atoms in total. The number of pyridine rings is 1. The summed E-state index contributed by atoms with van der Waals surface area (Å²) in [4.78, 5) is 6.79. The molecule has 1 fully saturated rings. The molecule has 1 aliphatic heterocycles. The summed E-state index contributed by atoms with van der Waals surface area (Å²) in [5.41, 5.74) is 3.40. The maximum atomic E-state index is 9.04. The number of nitrogens with zero attached hydrogens (tertiary/aromatic N) is 5. The van der Waals surface area contributed by atoms with E-state index in [0.717, 1.165) is 18.7 Å². The standard InChI is InChI=1S/C19H16ClN5O/c1-12-16(14-3-5-18(22-10-14)19-24-23-11-26-19)6-7-25(12)15-4-2-13(9-21)17(20)8-15/h2-5,8,10-12,16H,6-7H2,1H3/t12-,16+/m0/s1. The highest BCUT2D eigenvalue weighted by molar-refractivity contribution is 6.32. The van der Waals surface area contributed by atoms with Crippen LogP contribution in [0.3, 0.4) is 0 Å². The van der Waals surface area contributed by atoms with Gasteiger partial charge in [-0.3, -0.25) is 4.98 Å². The lowest BCUT2D eigenvalue weighted by Crippen LogP contribution is -2.29. The van der Waals surface area contributed by atoms with Crippen LogP contribution in [0.5, 0.6) is 0 Å². The summed E-state index contributed by atoms with van der Waals surface area (Å²) in [6.45, 7) is 3.13. The molecule has 0 amide bonds. The van der Waals surface area contributed by atoms with Gasteiger partial charge in [-0.05, 0) is 43.2 Å². The van der Waals surface area contributed by atoms with Crippen LogP contribution in [0.15, 0.2) is 47.3 Å². The molecule has 0 spiro atoms. The molecule has 1 aliphatic rings. The van der Waals surface area contributed by atoms with Crippen molar-refractivity contribution >= 4 is 17.3 Å². The Kier molecular flexibility index (Phi) is 4.31. The molecule has 0 radical (unpaired) electrons. The Hall–Kier alpha value is -2.91. The number of hydrogen-bond acceptors (Lipinski definition) is 6. The third-order valence-electron chi connectivity index (χ3n) is 4.95. The van der Waals surface area contributed by atoms with Crippen LogP contribution >= 0.6 is 11.6 Å². The molecule has 7 heteroatoms. The number of hydrogen-bond donors (Lipinski definition) is 0. The van der Waals surface area contributed by atoms with E-state index in [1.54, 1.807) is 6.07 Å². The molecular weight excluding hydrogens is 350 g/mol. The molecule has 0 aliphatic carbocycles. The van der Waals surface area contributed by atoms with Crippen LogP contribution in [0, 0.1) is 11.3 Å². The van der Waals surface area contributed by atoms with Gasteiger partial charge in [0.2, 0.25) is 6.39 Å². The van der Waals surface area contributed by atoms with E-state index in [-0.39, 0.29) is 0 Å². The Morgan fingerprint density at radius 1 is 1.31 bits per heavy atom. The number of aromatic nitrogens is 3. The quantitative estimate of drug-likeness (QED) is 0.697. The van der Waals surface area contributed by atoms with Gasteiger partial charge in [-0.15, -0.1) is 10.2 Å². The van der Waals surface area contributed by atoms with Gasteiger partial charge in [-0.25, -0.2) is 0 Å². The summed E-state index contributed by atoms with van der Waals surface area (Å²) in [6, 6.07) is 12.0. The normalized spacial score (nSPS) is 19.5. The fourth-order valence-corrected chi connectivity index (χ4v) is 3.78. The van der Waals surface area contributed by atoms with Gasteiger partial charge in [-0.1, -0.05) is 17.7 Å². The van der Waals surface area contributed by atoms with Crippen LogP contribution in [0.4, 0.5) is 5.69 Å². The minimum atomic E-state index is 0.301. The summed E-state index contributed by atoms with van der Waals surface area (Å²) in [6.07, 6.45) is 4.21. The van der Waals surface area contributed by atoms with Gasteiger partial charge in [0.15, 0.2) is 0 Å². The van der Waals surface area contributed by atoms with Crippen LogP contribution in [-0.2, 0) is 0 Å². The topological polar surface area (TPSA) is 78.8 Å². The molecular formula is C19H16ClN5O. The second kappa shape index (κ2) is 6.77. The van der Waals surface area contributed by atoms with Crippen LogP contribution in [-0.4, -0.2) is 27.8 Å². The molecule has 0 N–H and O–H groups in total. The Labute approximate surface area is 156 Å². The molecule has 0 saturated carbocycles. The van der Waals surface area contributed by atoms with E-state index in [2.05, 4.69) is 39.1 Å². The average molecular weight is 366 g/mol. The highest BCUT2D eigenvalue weighted by atomic mass is 35.5. The molecule has 3 heterocycles. The number of rotatable bonds is 3. The molecule has 130 valence electrons. The summed E-state index contributed by atoms with van der Waals surface area (Å²) >= 11 is 6.20. The van der Waals surface area contributed by atoms with E-state index in [0.29, 0.717) is 34.1 Å². The zero-order valence-electron chi connectivity index (χ0n) is 14.1. The summed E-state index contributed by atoms with van der Waals surface area (Å²) in [7, 11) is 0. The Morgan fingerprint density at radius 2 is 2.19 bits per heavy atom. The third-order valence-corrected chi connectivity index (χ3v) is 5.27. The van der Waals surface area contributed by atoms with Gasteiger partial charge in [0.05, 0.1) is 10.6 Å². The summed E-state index contributed by atoms with van der Waals surface area (Å²) in [5.74, 6) is 0.790. The minimum Gasteiger partial charge on any atom is -0.422 e. The lowest BCUT2D eigenvalue weighted by molar-refractivity contribution is 0.566. The first-order chi connectivity index (χ1) is 12.7. The fraction of sp³-hybridized carbons (Fsp3) is 0.263.